The highest BCUT2D eigenvalue weighted by Crippen LogP contribution is 2.57. The maximum absolute atomic E-state index is 16.3. The second kappa shape index (κ2) is 56.0. The first kappa shape index (κ1) is 89.9. The predicted molar refractivity (Wildman–Crippen MR) is 423 cm³/mol. The van der Waals surface area contributed by atoms with Gasteiger partial charge in [0.05, 0.1) is 65.3 Å². The van der Waals surface area contributed by atoms with Gasteiger partial charge in [-0.2, -0.15) is 5.26 Å². The molecule has 0 aliphatic heterocycles. The molecule has 21 heteroatoms. The van der Waals surface area contributed by atoms with Crippen LogP contribution in [0.15, 0.2) is 182 Å². The van der Waals surface area contributed by atoms with Crippen molar-refractivity contribution in [3.8, 4) is 6.07 Å². The number of hydrogen-bond acceptors (Lipinski definition) is 19. The fraction of sp³-hybridized carbons (Fsp3) is 0.557. The summed E-state index contributed by atoms with van der Waals surface area (Å²) >= 11 is 0. The molecule has 0 heterocycles. The van der Waals surface area contributed by atoms with Gasteiger partial charge < -0.3 is 37.9 Å². The molecule has 1 fully saturated rings. The van der Waals surface area contributed by atoms with Crippen LogP contribution in [-0.4, -0.2) is 88.1 Å². The molecule has 1 saturated carbocycles. The van der Waals surface area contributed by atoms with Crippen LogP contribution in [0.2, 0.25) is 0 Å². The standard InChI is InChI=1S/C88H123NO18P2/c1-3-5-7-9-11-13-15-17-19-21-23-25-45-60-81(90)96-70-80(105-82(91)61-46-26-24-22-20-18-16-14-12-10-8-6-4-2)71-104-108(92,101-63-47-62-89)106-88-85(99-72-94-64-74-48-33-27-34-49-74)83(97-66-76-52-37-29-38-53-76)84(98-67-77-54-39-30-40-55-77)87(86(88)100-73-95-65-75-50-35-28-36-51-75)107-109(93,102-68-78-56-41-31-42-57-78)103-69-79-58-43-32-44-59-79/h27-44,48-59,80,83-88H,3-26,45-47,60-61,63-73H2,1-2H3/t80-,83-,84-,85+,86+,87+,88-,108?/m0/s1. The van der Waals surface area contributed by atoms with Gasteiger partial charge in [-0.15, -0.1) is 0 Å². The molecule has 8 atom stereocenters. The Kier molecular flexibility index (Phi) is 46.2. The third kappa shape index (κ3) is 38.2. The lowest BCUT2D eigenvalue weighted by molar-refractivity contribution is -0.286. The minimum Gasteiger partial charge on any atom is -0.462 e. The number of carbonyl (C=O) groups excluding carboxylic acids is 2. The Bertz CT molecular complexity index is 3370. The highest BCUT2D eigenvalue weighted by atomic mass is 31.2. The number of phosphoric ester groups is 2. The molecule has 6 aromatic rings. The minimum absolute atomic E-state index is 0.0653. The molecule has 0 amide bonds. The van der Waals surface area contributed by atoms with Crippen LogP contribution in [0.4, 0.5) is 0 Å². The minimum atomic E-state index is -5.18. The fourth-order valence-corrected chi connectivity index (χ4v) is 15.6. The maximum Gasteiger partial charge on any atom is 0.475 e. The van der Waals surface area contributed by atoms with Crippen molar-refractivity contribution in [2.24, 2.45) is 0 Å². The smallest absolute Gasteiger partial charge is 0.462 e. The van der Waals surface area contributed by atoms with Crippen LogP contribution in [0.3, 0.4) is 0 Å². The SMILES string of the molecule is CCCCCCCCCCCCCCCC(=O)OC[C@@H](COP(=O)(OCCC#N)O[C@@H]1[C@H](OCOCc2ccccc2)[C@H](OP(=O)(OCc2ccccc2)OCc2ccccc2)[C@@H](OCc2ccccc2)[C@H](OCc2ccccc2)[C@H]1OCOCc1ccccc1)OC(=O)CCCCCCCCCCCCCCC. The molecule has 0 N–H and O–H groups in total. The van der Waals surface area contributed by atoms with Crippen molar-refractivity contribution in [1.82, 2.24) is 0 Å². The summed E-state index contributed by atoms with van der Waals surface area (Å²) in [5.41, 5.74) is 4.42. The van der Waals surface area contributed by atoms with Gasteiger partial charge in [-0.25, -0.2) is 9.13 Å². The Morgan fingerprint density at radius 1 is 0.349 bits per heavy atom. The molecule has 1 aliphatic carbocycles. The molecule has 0 radical (unpaired) electrons. The number of carbonyl (C=O) groups is 2. The number of phosphoric acid groups is 2. The molecule has 0 spiro atoms. The molecule has 598 valence electrons. The van der Waals surface area contributed by atoms with Gasteiger partial charge in [0.25, 0.3) is 0 Å². The maximum atomic E-state index is 16.3. The van der Waals surface area contributed by atoms with Gasteiger partial charge in [-0.05, 0) is 46.2 Å². The van der Waals surface area contributed by atoms with Crippen molar-refractivity contribution in [2.45, 2.75) is 282 Å². The van der Waals surface area contributed by atoms with E-state index in [4.69, 9.17) is 65.0 Å². The lowest BCUT2D eigenvalue weighted by atomic mass is 9.84. The van der Waals surface area contributed by atoms with Crippen LogP contribution >= 0.6 is 15.6 Å². The number of unbranched alkanes of at least 4 members (excludes halogenated alkanes) is 24. The van der Waals surface area contributed by atoms with E-state index in [1.165, 1.54) is 103 Å². The second-order valence-corrected chi connectivity index (χ2v) is 31.3. The topological polar surface area (TPSA) is 221 Å². The van der Waals surface area contributed by atoms with Gasteiger partial charge in [-0.1, -0.05) is 350 Å². The first-order chi connectivity index (χ1) is 53.6. The van der Waals surface area contributed by atoms with E-state index in [1.54, 1.807) is 0 Å². The molecule has 7 rings (SSSR count). The normalized spacial score (nSPS) is 17.3. The molecule has 0 saturated heterocycles. The summed E-state index contributed by atoms with van der Waals surface area (Å²) in [7, 11) is -10.1. The molecule has 1 aliphatic rings. The van der Waals surface area contributed by atoms with E-state index in [1.807, 2.05) is 188 Å². The number of benzene rings is 6. The van der Waals surface area contributed by atoms with Gasteiger partial charge in [0.15, 0.2) is 6.10 Å². The number of esters is 2. The average Bonchev–Trinajstić information content (AvgIpc) is 0.752. The quantitative estimate of drug-likeness (QED) is 0.0150. The third-order valence-corrected chi connectivity index (χ3v) is 21.8. The second-order valence-electron chi connectivity index (χ2n) is 28.1. The van der Waals surface area contributed by atoms with E-state index in [2.05, 4.69) is 13.8 Å². The van der Waals surface area contributed by atoms with Crippen molar-refractivity contribution in [3.63, 3.8) is 0 Å². The molecule has 0 aromatic heterocycles. The van der Waals surface area contributed by atoms with E-state index >= 15 is 9.13 Å². The Hall–Kier alpha value is -6.27. The summed E-state index contributed by atoms with van der Waals surface area (Å²) in [4.78, 5) is 27.7. The van der Waals surface area contributed by atoms with Gasteiger partial charge in [0.1, 0.15) is 56.8 Å². The Balaban J connectivity index is 1.24. The molecule has 1 unspecified atom stereocenters. The van der Waals surface area contributed by atoms with Crippen LogP contribution in [0.5, 0.6) is 0 Å². The third-order valence-electron chi connectivity index (χ3n) is 19.0. The molecular formula is C88H123NO18P2. The average molecular weight is 1540 g/mol. The Morgan fingerprint density at radius 2 is 0.651 bits per heavy atom. The molecule has 6 aromatic carbocycles. The van der Waals surface area contributed by atoms with Crippen molar-refractivity contribution in [2.75, 3.05) is 33.4 Å². The van der Waals surface area contributed by atoms with Crippen molar-refractivity contribution < 1.29 is 83.8 Å². The zero-order chi connectivity index (χ0) is 76.8. The highest BCUT2D eigenvalue weighted by molar-refractivity contribution is 7.48. The number of nitriles is 1. The summed E-state index contributed by atoms with van der Waals surface area (Å²) in [6, 6.07) is 58.0. The first-order valence-electron chi connectivity index (χ1n) is 40.3. The van der Waals surface area contributed by atoms with Crippen molar-refractivity contribution in [3.05, 3.63) is 215 Å². The van der Waals surface area contributed by atoms with E-state index in [-0.39, 0.29) is 58.9 Å². The summed E-state index contributed by atoms with van der Waals surface area (Å²) < 4.78 is 124. The number of nitrogens with zero attached hydrogens (tertiary/aromatic N) is 1. The number of hydrogen-bond donors (Lipinski definition) is 0. The van der Waals surface area contributed by atoms with Crippen LogP contribution < -0.4 is 0 Å². The molecule has 19 nitrogen and oxygen atoms in total. The molecule has 109 heavy (non-hydrogen) atoms. The van der Waals surface area contributed by atoms with E-state index in [0.29, 0.717) is 24.0 Å². The van der Waals surface area contributed by atoms with Gasteiger partial charge in [-0.3, -0.25) is 36.7 Å². The number of rotatable bonds is 63. The van der Waals surface area contributed by atoms with Crippen molar-refractivity contribution in [1.29, 1.82) is 5.26 Å². The lowest BCUT2D eigenvalue weighted by Crippen LogP contribution is -2.67. The summed E-state index contributed by atoms with van der Waals surface area (Å²) in [6.07, 6.45) is 18.9. The Labute approximate surface area is 650 Å². The van der Waals surface area contributed by atoms with Crippen LogP contribution in [-0.2, 0) is 123 Å². The van der Waals surface area contributed by atoms with Gasteiger partial charge >= 0.3 is 27.6 Å². The van der Waals surface area contributed by atoms with Crippen LogP contribution in [0.25, 0.3) is 0 Å². The molecular weight excluding hydrogens is 1420 g/mol. The summed E-state index contributed by atoms with van der Waals surface area (Å²) in [6.45, 7) is 1.47. The van der Waals surface area contributed by atoms with Gasteiger partial charge in [0, 0.05) is 12.8 Å². The van der Waals surface area contributed by atoms with Gasteiger partial charge in [0.2, 0.25) is 0 Å². The lowest BCUT2D eigenvalue weighted by Gasteiger charge is -2.49. The highest BCUT2D eigenvalue weighted by Gasteiger charge is 2.59. The van der Waals surface area contributed by atoms with Crippen molar-refractivity contribution >= 4 is 27.6 Å². The largest absolute Gasteiger partial charge is 0.475 e. The van der Waals surface area contributed by atoms with E-state index in [0.717, 1.165) is 73.6 Å². The Morgan fingerprint density at radius 3 is 1.02 bits per heavy atom. The zero-order valence-corrected chi connectivity index (χ0v) is 66.6. The van der Waals surface area contributed by atoms with Crippen LogP contribution in [0, 0.1) is 11.3 Å². The first-order valence-corrected chi connectivity index (χ1v) is 43.2. The number of ether oxygens (including phenoxy) is 8. The summed E-state index contributed by atoms with van der Waals surface area (Å²) in [5.74, 6) is -1.07. The van der Waals surface area contributed by atoms with Crippen LogP contribution in [0.1, 0.15) is 233 Å². The van der Waals surface area contributed by atoms with E-state index < -0.39 is 104 Å². The predicted octanol–water partition coefficient (Wildman–Crippen LogP) is 22.1. The van der Waals surface area contributed by atoms with E-state index in [9.17, 15) is 14.9 Å². The molecule has 0 bridgehead atoms. The monoisotopic (exact) mass is 1540 g/mol. The summed E-state index contributed by atoms with van der Waals surface area (Å²) in [5, 5.41) is 10.0. The zero-order valence-electron chi connectivity index (χ0n) is 64.8. The fourth-order valence-electron chi connectivity index (χ4n) is 12.9.